The number of amides is 1. The second kappa shape index (κ2) is 6.18. The van der Waals surface area contributed by atoms with Gasteiger partial charge in [-0.2, -0.15) is 0 Å². The van der Waals surface area contributed by atoms with E-state index in [1.807, 2.05) is 4.90 Å². The molecule has 4 heteroatoms. The first-order valence-corrected chi connectivity index (χ1v) is 6.59. The molecule has 0 radical (unpaired) electrons. The lowest BCUT2D eigenvalue weighted by Gasteiger charge is -2.33. The van der Waals surface area contributed by atoms with Crippen molar-refractivity contribution >= 4 is 23.1 Å². The molecule has 2 N–H and O–H groups in total. The Morgan fingerprint density at radius 1 is 1.38 bits per heavy atom. The first kappa shape index (κ1) is 13.4. The first-order valence-electron chi connectivity index (χ1n) is 6.18. The summed E-state index contributed by atoms with van der Waals surface area (Å²) in [6, 6.07) is 0. The van der Waals surface area contributed by atoms with E-state index in [9.17, 15) is 4.79 Å². The number of carbonyl (C=O) groups is 1. The van der Waals surface area contributed by atoms with E-state index < -0.39 is 0 Å². The van der Waals surface area contributed by atoms with Gasteiger partial charge in [-0.05, 0) is 25.7 Å². The van der Waals surface area contributed by atoms with Crippen molar-refractivity contribution in [2.75, 3.05) is 13.1 Å². The van der Waals surface area contributed by atoms with Crippen LogP contribution in [0.1, 0.15) is 39.5 Å². The second-order valence-corrected chi connectivity index (χ2v) is 4.99. The number of hydrogen-bond acceptors (Lipinski definition) is 2. The summed E-state index contributed by atoms with van der Waals surface area (Å²) in [6.07, 6.45) is 3.73. The van der Waals surface area contributed by atoms with Crippen molar-refractivity contribution in [1.29, 1.82) is 0 Å². The maximum Gasteiger partial charge on any atom is 0.225 e. The van der Waals surface area contributed by atoms with Gasteiger partial charge in [0.25, 0.3) is 0 Å². The van der Waals surface area contributed by atoms with Crippen LogP contribution >= 0.6 is 12.2 Å². The van der Waals surface area contributed by atoms with Crippen LogP contribution in [-0.2, 0) is 4.79 Å². The topological polar surface area (TPSA) is 46.3 Å². The molecule has 1 aliphatic rings. The van der Waals surface area contributed by atoms with Crippen molar-refractivity contribution < 1.29 is 4.79 Å². The molecule has 92 valence electrons. The summed E-state index contributed by atoms with van der Waals surface area (Å²) < 4.78 is 0. The van der Waals surface area contributed by atoms with Crippen LogP contribution < -0.4 is 5.73 Å². The Morgan fingerprint density at radius 2 is 1.88 bits per heavy atom. The number of carbonyl (C=O) groups excluding carboxylic acids is 1. The van der Waals surface area contributed by atoms with Crippen LogP contribution in [0.5, 0.6) is 0 Å². The molecule has 0 saturated carbocycles. The Bertz CT molecular complexity index is 256. The average Bonchev–Trinajstić information content (AvgIpc) is 2.30. The standard InChI is InChI=1S/C12H22N2OS/c1-3-9(4-2)12(15)14-7-5-10(6-8-14)11(13)16/h9-10H,3-8H2,1-2H3,(H2,13,16). The third-order valence-corrected chi connectivity index (χ3v) is 3.88. The van der Waals surface area contributed by atoms with Gasteiger partial charge >= 0.3 is 0 Å². The van der Waals surface area contributed by atoms with E-state index in [-0.39, 0.29) is 5.92 Å². The van der Waals surface area contributed by atoms with E-state index in [0.717, 1.165) is 38.8 Å². The minimum Gasteiger partial charge on any atom is -0.393 e. The highest BCUT2D eigenvalue weighted by Gasteiger charge is 2.27. The molecule has 0 aliphatic carbocycles. The van der Waals surface area contributed by atoms with Crippen LogP contribution in [-0.4, -0.2) is 28.9 Å². The van der Waals surface area contributed by atoms with Crippen LogP contribution in [0.25, 0.3) is 0 Å². The summed E-state index contributed by atoms with van der Waals surface area (Å²) in [4.78, 5) is 14.7. The van der Waals surface area contributed by atoms with Gasteiger partial charge in [0.05, 0.1) is 4.99 Å². The fraction of sp³-hybridized carbons (Fsp3) is 0.833. The molecule has 1 saturated heterocycles. The summed E-state index contributed by atoms with van der Waals surface area (Å²) in [6.45, 7) is 5.79. The molecule has 0 unspecified atom stereocenters. The van der Waals surface area contributed by atoms with Crippen molar-refractivity contribution in [1.82, 2.24) is 4.90 Å². The number of rotatable bonds is 4. The number of nitrogens with two attached hydrogens (primary N) is 1. The summed E-state index contributed by atoms with van der Waals surface area (Å²) in [5.41, 5.74) is 5.63. The maximum atomic E-state index is 12.1. The molecular weight excluding hydrogens is 220 g/mol. The Morgan fingerprint density at radius 3 is 2.25 bits per heavy atom. The van der Waals surface area contributed by atoms with Gasteiger partial charge in [-0.25, -0.2) is 0 Å². The lowest BCUT2D eigenvalue weighted by atomic mass is 9.94. The van der Waals surface area contributed by atoms with Gasteiger partial charge in [-0.1, -0.05) is 26.1 Å². The highest BCUT2D eigenvalue weighted by Crippen LogP contribution is 2.20. The smallest absolute Gasteiger partial charge is 0.225 e. The van der Waals surface area contributed by atoms with Crippen molar-refractivity contribution in [3.05, 3.63) is 0 Å². The van der Waals surface area contributed by atoms with Crippen molar-refractivity contribution in [2.45, 2.75) is 39.5 Å². The number of likely N-dealkylation sites (tertiary alicyclic amines) is 1. The Balaban J connectivity index is 2.47. The van der Waals surface area contributed by atoms with Gasteiger partial charge in [0.1, 0.15) is 0 Å². The minimum absolute atomic E-state index is 0.196. The molecule has 1 rings (SSSR count). The highest BCUT2D eigenvalue weighted by atomic mass is 32.1. The third-order valence-electron chi connectivity index (χ3n) is 3.54. The van der Waals surface area contributed by atoms with Crippen molar-refractivity contribution in [2.24, 2.45) is 17.6 Å². The molecule has 0 spiro atoms. The fourth-order valence-corrected chi connectivity index (χ4v) is 2.52. The van der Waals surface area contributed by atoms with Gasteiger partial charge < -0.3 is 10.6 Å². The zero-order valence-corrected chi connectivity index (χ0v) is 11.1. The van der Waals surface area contributed by atoms with Crippen molar-refractivity contribution in [3.63, 3.8) is 0 Å². The molecule has 16 heavy (non-hydrogen) atoms. The van der Waals surface area contributed by atoms with Gasteiger partial charge in [-0.15, -0.1) is 0 Å². The normalized spacial score (nSPS) is 17.8. The molecule has 0 atom stereocenters. The average molecular weight is 242 g/mol. The Hall–Kier alpha value is -0.640. The van der Waals surface area contributed by atoms with Gasteiger partial charge in [0.2, 0.25) is 5.91 Å². The van der Waals surface area contributed by atoms with Crippen LogP contribution in [0.3, 0.4) is 0 Å². The second-order valence-electron chi connectivity index (χ2n) is 4.52. The van der Waals surface area contributed by atoms with E-state index in [1.165, 1.54) is 0 Å². The maximum absolute atomic E-state index is 12.1. The van der Waals surface area contributed by atoms with Crippen LogP contribution in [0.4, 0.5) is 0 Å². The van der Waals surface area contributed by atoms with Gasteiger partial charge in [-0.3, -0.25) is 4.79 Å². The molecule has 0 bridgehead atoms. The van der Waals surface area contributed by atoms with Crippen LogP contribution in [0.2, 0.25) is 0 Å². The van der Waals surface area contributed by atoms with Gasteiger partial charge in [0.15, 0.2) is 0 Å². The Labute approximate surface area is 103 Å². The molecule has 0 aromatic heterocycles. The highest BCUT2D eigenvalue weighted by molar-refractivity contribution is 7.80. The molecule has 1 amide bonds. The summed E-state index contributed by atoms with van der Waals surface area (Å²) in [5.74, 6) is 0.841. The number of piperidine rings is 1. The third kappa shape index (κ3) is 3.17. The SMILES string of the molecule is CCC(CC)C(=O)N1CCC(C(N)=S)CC1. The molecule has 0 aromatic carbocycles. The predicted octanol–water partition coefficient (Wildman–Crippen LogP) is 1.95. The predicted molar refractivity (Wildman–Crippen MR) is 70.2 cm³/mol. The largest absolute Gasteiger partial charge is 0.393 e. The van der Waals surface area contributed by atoms with E-state index in [2.05, 4.69) is 13.8 Å². The van der Waals surface area contributed by atoms with Gasteiger partial charge in [0, 0.05) is 24.9 Å². The fourth-order valence-electron chi connectivity index (χ4n) is 2.28. The molecule has 1 fully saturated rings. The van der Waals surface area contributed by atoms with E-state index in [1.54, 1.807) is 0 Å². The number of thiocarbonyl (C=S) groups is 1. The minimum atomic E-state index is 0.196. The molecular formula is C12H22N2OS. The summed E-state index contributed by atoms with van der Waals surface area (Å²) in [5, 5.41) is 0. The summed E-state index contributed by atoms with van der Waals surface area (Å²) >= 11 is 4.99. The Kier molecular flexibility index (Phi) is 5.19. The summed E-state index contributed by atoms with van der Waals surface area (Å²) in [7, 11) is 0. The van der Waals surface area contributed by atoms with Crippen LogP contribution in [0.15, 0.2) is 0 Å². The lowest BCUT2D eigenvalue weighted by molar-refractivity contribution is -0.136. The molecule has 1 heterocycles. The van der Waals surface area contributed by atoms with E-state index >= 15 is 0 Å². The number of hydrogen-bond donors (Lipinski definition) is 1. The van der Waals surface area contributed by atoms with Crippen molar-refractivity contribution in [3.8, 4) is 0 Å². The van der Waals surface area contributed by atoms with E-state index in [0.29, 0.717) is 16.8 Å². The monoisotopic (exact) mass is 242 g/mol. The van der Waals surface area contributed by atoms with Crippen LogP contribution in [0, 0.1) is 11.8 Å². The number of nitrogens with zero attached hydrogens (tertiary/aromatic N) is 1. The molecule has 0 aromatic rings. The molecule has 1 aliphatic heterocycles. The molecule has 3 nitrogen and oxygen atoms in total. The lowest BCUT2D eigenvalue weighted by Crippen LogP contribution is -2.43. The quantitative estimate of drug-likeness (QED) is 0.766. The van der Waals surface area contributed by atoms with E-state index in [4.69, 9.17) is 18.0 Å². The first-order chi connectivity index (χ1) is 7.60. The zero-order valence-electron chi connectivity index (χ0n) is 10.2. The zero-order chi connectivity index (χ0) is 12.1.